The highest BCUT2D eigenvalue weighted by atomic mass is 32.2. The van der Waals surface area contributed by atoms with Crippen LogP contribution in [0, 0.1) is 18.3 Å². The molecule has 33 heavy (non-hydrogen) atoms. The minimum Gasteiger partial charge on any atom is -0.486 e. The van der Waals surface area contributed by atoms with Crippen LogP contribution in [0.4, 0.5) is 0 Å². The molecule has 0 bridgehead atoms. The van der Waals surface area contributed by atoms with E-state index < -0.39 is 10.0 Å². The number of carbonyl (C=O) groups excluding carboxylic acids is 1. The Bertz CT molecular complexity index is 1410. The molecule has 0 atom stereocenters. The summed E-state index contributed by atoms with van der Waals surface area (Å²) in [7, 11) is -3.50. The molecule has 5 rings (SSSR count). The van der Waals surface area contributed by atoms with Gasteiger partial charge < -0.3 is 14.0 Å². The molecule has 0 aliphatic carbocycles. The molecular formula is C22H21N3O5S3. The Morgan fingerprint density at radius 1 is 1.21 bits per heavy atom. The normalized spacial score (nSPS) is 17.8. The highest BCUT2D eigenvalue weighted by Gasteiger charge is 2.32. The van der Waals surface area contributed by atoms with Crippen molar-refractivity contribution in [2.75, 3.05) is 26.3 Å². The van der Waals surface area contributed by atoms with Crippen molar-refractivity contribution in [1.29, 1.82) is 0 Å². The molecular weight excluding hydrogens is 482 g/mol. The number of sulfonamides is 1. The number of ether oxygens (including phenoxy) is 2. The van der Waals surface area contributed by atoms with E-state index in [2.05, 4.69) is 10.9 Å². The van der Waals surface area contributed by atoms with Gasteiger partial charge in [-0.25, -0.2) is 8.42 Å². The molecule has 1 amide bonds. The highest BCUT2D eigenvalue weighted by Crippen LogP contribution is 2.35. The van der Waals surface area contributed by atoms with E-state index in [9.17, 15) is 13.2 Å². The Labute approximate surface area is 199 Å². The van der Waals surface area contributed by atoms with Crippen molar-refractivity contribution < 1.29 is 22.7 Å². The average molecular weight is 504 g/mol. The largest absolute Gasteiger partial charge is 0.486 e. The number of fused-ring (bicyclic) bond motifs is 2. The first kappa shape index (κ1) is 22.2. The van der Waals surface area contributed by atoms with Crippen molar-refractivity contribution in [3.63, 3.8) is 0 Å². The van der Waals surface area contributed by atoms with Gasteiger partial charge in [0.25, 0.3) is 15.9 Å². The van der Waals surface area contributed by atoms with E-state index in [0.717, 1.165) is 10.2 Å². The summed E-state index contributed by atoms with van der Waals surface area (Å²) in [5.74, 6) is 3.36. The lowest BCUT2D eigenvalue weighted by atomic mass is 9.98. The summed E-state index contributed by atoms with van der Waals surface area (Å²) in [5, 5.41) is 1.74. The first-order chi connectivity index (χ1) is 16.0. The summed E-state index contributed by atoms with van der Waals surface area (Å²) in [4.78, 5) is 17.9. The number of aromatic nitrogens is 1. The van der Waals surface area contributed by atoms with Crippen LogP contribution >= 0.6 is 22.7 Å². The predicted molar refractivity (Wildman–Crippen MR) is 126 cm³/mol. The first-order valence-electron chi connectivity index (χ1n) is 10.5. The van der Waals surface area contributed by atoms with Crippen LogP contribution in [0.25, 0.3) is 10.2 Å². The van der Waals surface area contributed by atoms with E-state index in [-0.39, 0.29) is 18.4 Å². The van der Waals surface area contributed by atoms with Gasteiger partial charge in [0.15, 0.2) is 16.3 Å². The van der Waals surface area contributed by atoms with Gasteiger partial charge >= 0.3 is 0 Å². The quantitative estimate of drug-likeness (QED) is 0.511. The van der Waals surface area contributed by atoms with Crippen LogP contribution in [0.3, 0.4) is 0 Å². The molecule has 1 saturated heterocycles. The fraction of sp³-hybridized carbons (Fsp3) is 0.364. The Kier molecular flexibility index (Phi) is 6.01. The second-order valence-electron chi connectivity index (χ2n) is 7.70. The lowest BCUT2D eigenvalue weighted by molar-refractivity contribution is -0.122. The Balaban J connectivity index is 1.39. The zero-order chi connectivity index (χ0) is 23.0. The molecule has 2 aliphatic heterocycles. The van der Waals surface area contributed by atoms with E-state index in [0.29, 0.717) is 59.7 Å². The van der Waals surface area contributed by atoms with Gasteiger partial charge in [-0.3, -0.25) is 4.79 Å². The highest BCUT2D eigenvalue weighted by molar-refractivity contribution is 7.91. The number of thiazole rings is 1. The third-order valence-electron chi connectivity index (χ3n) is 5.69. The minimum absolute atomic E-state index is 0.252. The third kappa shape index (κ3) is 4.19. The van der Waals surface area contributed by atoms with Crippen molar-refractivity contribution in [2.24, 2.45) is 10.9 Å². The fourth-order valence-electron chi connectivity index (χ4n) is 4.00. The predicted octanol–water partition coefficient (Wildman–Crippen LogP) is 2.70. The summed E-state index contributed by atoms with van der Waals surface area (Å²) in [6, 6.07) is 7.08. The van der Waals surface area contributed by atoms with E-state index in [1.54, 1.807) is 17.5 Å². The number of thiophene rings is 1. The van der Waals surface area contributed by atoms with Gasteiger partial charge in [-0.05, 0) is 24.3 Å². The smallest absolute Gasteiger partial charge is 0.252 e. The molecule has 0 saturated carbocycles. The van der Waals surface area contributed by atoms with Gasteiger partial charge in [0.05, 0.1) is 16.8 Å². The van der Waals surface area contributed by atoms with Crippen LogP contribution < -0.4 is 14.3 Å². The molecule has 172 valence electrons. The summed E-state index contributed by atoms with van der Waals surface area (Å²) in [6.45, 7) is 1.83. The van der Waals surface area contributed by atoms with Crippen molar-refractivity contribution in [3.05, 3.63) is 34.4 Å². The zero-order valence-corrected chi connectivity index (χ0v) is 20.0. The van der Waals surface area contributed by atoms with Gasteiger partial charge in [-0.1, -0.05) is 23.3 Å². The molecule has 1 fully saturated rings. The molecule has 0 spiro atoms. The summed E-state index contributed by atoms with van der Waals surface area (Å²) < 4.78 is 41.3. The van der Waals surface area contributed by atoms with Gasteiger partial charge in [0.2, 0.25) is 0 Å². The maximum atomic E-state index is 13.0. The van der Waals surface area contributed by atoms with Gasteiger partial charge in [-0.2, -0.15) is 9.30 Å². The monoisotopic (exact) mass is 503 g/mol. The standard InChI is InChI=1S/C22H21N3O5S3/c1-2-7-25-16-13-17-18(30-11-10-29-17)14-19(16)32-22(25)23-21(26)15-5-8-24(9-6-15)33(27,28)20-4-3-12-31-20/h1,3-4,12-15H,5-11H2. The maximum absolute atomic E-state index is 13.0. The third-order valence-corrected chi connectivity index (χ3v) is 10.0. The van der Waals surface area contributed by atoms with E-state index in [1.807, 2.05) is 16.7 Å². The average Bonchev–Trinajstić information content (AvgIpc) is 3.47. The van der Waals surface area contributed by atoms with Crippen LogP contribution in [0.1, 0.15) is 12.8 Å². The Morgan fingerprint density at radius 3 is 2.61 bits per heavy atom. The van der Waals surface area contributed by atoms with Gasteiger partial charge in [0, 0.05) is 31.1 Å². The van der Waals surface area contributed by atoms with Crippen molar-refractivity contribution in [2.45, 2.75) is 23.6 Å². The van der Waals surface area contributed by atoms with Gasteiger partial charge in [-0.15, -0.1) is 17.8 Å². The van der Waals surface area contributed by atoms with Crippen LogP contribution in [-0.4, -0.2) is 49.5 Å². The number of rotatable bonds is 4. The number of carbonyl (C=O) groups is 1. The molecule has 4 heterocycles. The molecule has 8 nitrogen and oxygen atoms in total. The maximum Gasteiger partial charge on any atom is 0.252 e. The van der Waals surface area contributed by atoms with E-state index >= 15 is 0 Å². The Morgan fingerprint density at radius 2 is 1.94 bits per heavy atom. The number of piperidine rings is 1. The van der Waals surface area contributed by atoms with Crippen molar-refractivity contribution in [1.82, 2.24) is 8.87 Å². The van der Waals surface area contributed by atoms with Crippen molar-refractivity contribution >= 4 is 48.8 Å². The van der Waals surface area contributed by atoms with Crippen LogP contribution in [-0.2, 0) is 21.4 Å². The van der Waals surface area contributed by atoms with Crippen LogP contribution in [0.2, 0.25) is 0 Å². The number of terminal acetylenes is 1. The fourth-order valence-corrected chi connectivity index (χ4v) is 7.66. The molecule has 0 N–H and O–H groups in total. The van der Waals surface area contributed by atoms with Crippen LogP contribution in [0.5, 0.6) is 11.5 Å². The number of hydrogen-bond donors (Lipinski definition) is 0. The molecule has 2 aliphatic rings. The van der Waals surface area contributed by atoms with Crippen molar-refractivity contribution in [3.8, 4) is 23.8 Å². The number of nitrogens with zero attached hydrogens (tertiary/aromatic N) is 3. The second-order valence-corrected chi connectivity index (χ2v) is 11.8. The topological polar surface area (TPSA) is 90.2 Å². The second kappa shape index (κ2) is 8.95. The van der Waals surface area contributed by atoms with Crippen LogP contribution in [0.15, 0.2) is 38.8 Å². The summed E-state index contributed by atoms with van der Waals surface area (Å²) in [6.07, 6.45) is 6.44. The summed E-state index contributed by atoms with van der Waals surface area (Å²) in [5.41, 5.74) is 0.839. The number of benzene rings is 1. The number of amides is 1. The molecule has 0 unspecified atom stereocenters. The molecule has 11 heteroatoms. The van der Waals surface area contributed by atoms with E-state index in [1.165, 1.54) is 27.0 Å². The zero-order valence-electron chi connectivity index (χ0n) is 17.6. The first-order valence-corrected chi connectivity index (χ1v) is 13.6. The van der Waals surface area contributed by atoms with Gasteiger partial charge in [0.1, 0.15) is 17.4 Å². The molecule has 0 radical (unpaired) electrons. The lowest BCUT2D eigenvalue weighted by Crippen LogP contribution is -2.40. The summed E-state index contributed by atoms with van der Waals surface area (Å²) >= 11 is 2.57. The Hall–Kier alpha value is -2.65. The number of hydrogen-bond acceptors (Lipinski definition) is 7. The SMILES string of the molecule is C#CCn1c(=NC(=O)C2CCN(S(=O)(=O)c3cccs3)CC2)sc2cc3c(cc21)OCCO3. The molecule has 2 aromatic heterocycles. The molecule has 3 aromatic rings. The molecule has 1 aromatic carbocycles. The minimum atomic E-state index is -3.50. The lowest BCUT2D eigenvalue weighted by Gasteiger charge is -2.29. The van der Waals surface area contributed by atoms with E-state index in [4.69, 9.17) is 15.9 Å².